The fourth-order valence-electron chi connectivity index (χ4n) is 2.48. The summed E-state index contributed by atoms with van der Waals surface area (Å²) in [6.45, 7) is 12.2. The number of anilines is 1. The third-order valence-corrected chi connectivity index (χ3v) is 3.37. The van der Waals surface area contributed by atoms with Crippen molar-refractivity contribution in [2.75, 3.05) is 11.9 Å². The maximum atomic E-state index is 12.0. The number of nitrogens with one attached hydrogen (secondary N) is 2. The number of aliphatic hydroxyl groups is 1. The lowest BCUT2D eigenvalue weighted by molar-refractivity contribution is 0.129. The molecule has 23 heavy (non-hydrogen) atoms. The zero-order chi connectivity index (χ0) is 17.6. The van der Waals surface area contributed by atoms with Gasteiger partial charge in [0.1, 0.15) is 5.75 Å². The molecule has 2 amide bonds. The van der Waals surface area contributed by atoms with Crippen molar-refractivity contribution < 1.29 is 14.6 Å². The van der Waals surface area contributed by atoms with Crippen LogP contribution in [0.3, 0.4) is 0 Å². The summed E-state index contributed by atoms with van der Waals surface area (Å²) < 4.78 is 5.68. The number of benzene rings is 1. The molecule has 5 nitrogen and oxygen atoms in total. The Morgan fingerprint density at radius 3 is 2.48 bits per heavy atom. The zero-order valence-corrected chi connectivity index (χ0v) is 15.1. The van der Waals surface area contributed by atoms with Crippen LogP contribution in [0, 0.1) is 12.3 Å². The number of aryl methyl sites for hydroxylation is 1. The van der Waals surface area contributed by atoms with E-state index in [1.54, 1.807) is 6.92 Å². The Bertz CT molecular complexity index is 525. The van der Waals surface area contributed by atoms with E-state index in [0.717, 1.165) is 17.0 Å². The predicted molar refractivity (Wildman–Crippen MR) is 94.0 cm³/mol. The third kappa shape index (κ3) is 7.37. The molecular weight excluding hydrogens is 292 g/mol. The lowest BCUT2D eigenvalue weighted by atomic mass is 9.87. The molecule has 0 aliphatic rings. The van der Waals surface area contributed by atoms with Gasteiger partial charge in [-0.25, -0.2) is 4.79 Å². The Morgan fingerprint density at radius 1 is 1.30 bits per heavy atom. The van der Waals surface area contributed by atoms with Gasteiger partial charge in [0.05, 0.1) is 12.2 Å². The van der Waals surface area contributed by atoms with Crippen molar-refractivity contribution in [1.82, 2.24) is 5.32 Å². The van der Waals surface area contributed by atoms with Gasteiger partial charge < -0.3 is 20.5 Å². The summed E-state index contributed by atoms with van der Waals surface area (Å²) in [6.07, 6.45) is 0.367. The minimum Gasteiger partial charge on any atom is -0.491 e. The molecule has 0 bridgehead atoms. The van der Waals surface area contributed by atoms with Gasteiger partial charge in [0.25, 0.3) is 0 Å². The first-order valence-electron chi connectivity index (χ1n) is 8.09. The Kier molecular flexibility index (Phi) is 6.88. The van der Waals surface area contributed by atoms with E-state index in [4.69, 9.17) is 4.74 Å². The molecule has 0 heterocycles. The van der Waals surface area contributed by atoms with Gasteiger partial charge in [0, 0.05) is 12.2 Å². The molecule has 130 valence electrons. The Hall–Kier alpha value is -1.75. The van der Waals surface area contributed by atoms with Gasteiger partial charge in [-0.05, 0) is 63.3 Å². The van der Waals surface area contributed by atoms with E-state index in [-0.39, 0.29) is 23.7 Å². The Morgan fingerprint density at radius 2 is 1.96 bits per heavy atom. The van der Waals surface area contributed by atoms with Gasteiger partial charge in [0.2, 0.25) is 0 Å². The van der Waals surface area contributed by atoms with Gasteiger partial charge in [-0.3, -0.25) is 0 Å². The van der Waals surface area contributed by atoms with Crippen molar-refractivity contribution in [1.29, 1.82) is 0 Å². The maximum Gasteiger partial charge on any atom is 0.319 e. The minimum atomic E-state index is -0.383. The average molecular weight is 322 g/mol. The fourth-order valence-corrected chi connectivity index (χ4v) is 2.48. The number of carbonyl (C=O) groups excluding carboxylic acids is 1. The topological polar surface area (TPSA) is 70.6 Å². The number of urea groups is 1. The molecule has 1 aromatic rings. The summed E-state index contributed by atoms with van der Waals surface area (Å²) in [5.41, 5.74) is 1.55. The Balaban J connectivity index is 2.56. The number of amides is 2. The summed E-state index contributed by atoms with van der Waals surface area (Å²) in [5, 5.41) is 15.1. The lowest BCUT2D eigenvalue weighted by Crippen LogP contribution is -2.38. The van der Waals surface area contributed by atoms with Crippen LogP contribution in [0.1, 0.15) is 46.6 Å². The fraction of sp³-hybridized carbons (Fsp3) is 0.611. The van der Waals surface area contributed by atoms with Crippen molar-refractivity contribution in [3.05, 3.63) is 23.8 Å². The summed E-state index contributed by atoms with van der Waals surface area (Å²) >= 11 is 0. The molecule has 0 saturated heterocycles. The highest BCUT2D eigenvalue weighted by Crippen LogP contribution is 2.23. The third-order valence-electron chi connectivity index (χ3n) is 3.37. The van der Waals surface area contributed by atoms with Gasteiger partial charge in [-0.1, -0.05) is 13.8 Å². The van der Waals surface area contributed by atoms with Gasteiger partial charge >= 0.3 is 6.03 Å². The van der Waals surface area contributed by atoms with Crippen LogP contribution in [0.4, 0.5) is 10.5 Å². The molecule has 1 atom stereocenters. The Labute approximate surface area is 139 Å². The smallest absolute Gasteiger partial charge is 0.319 e. The second kappa shape index (κ2) is 8.20. The molecule has 5 heteroatoms. The number of carbonyl (C=O) groups is 1. The zero-order valence-electron chi connectivity index (χ0n) is 15.1. The van der Waals surface area contributed by atoms with Crippen molar-refractivity contribution in [3.63, 3.8) is 0 Å². The molecular formula is C18H30N2O3. The van der Waals surface area contributed by atoms with Gasteiger partial charge in [-0.15, -0.1) is 0 Å². The lowest BCUT2D eigenvalue weighted by Gasteiger charge is -2.26. The van der Waals surface area contributed by atoms with Crippen LogP contribution in [-0.4, -0.2) is 29.9 Å². The van der Waals surface area contributed by atoms with Crippen LogP contribution >= 0.6 is 0 Å². The highest BCUT2D eigenvalue weighted by atomic mass is 16.5. The first-order chi connectivity index (χ1) is 10.6. The highest BCUT2D eigenvalue weighted by molar-refractivity contribution is 5.89. The SMILES string of the molecule is Cc1cc(NC(=O)NCC(C)(C)CC(C)O)ccc1OC(C)C. The summed E-state index contributed by atoms with van der Waals surface area (Å²) in [5.74, 6) is 0.823. The molecule has 0 spiro atoms. The van der Waals surface area contributed by atoms with Crippen LogP contribution in [0.2, 0.25) is 0 Å². The maximum absolute atomic E-state index is 12.0. The molecule has 1 rings (SSSR count). The quantitative estimate of drug-likeness (QED) is 0.717. The van der Waals surface area contributed by atoms with E-state index in [9.17, 15) is 9.90 Å². The minimum absolute atomic E-state index is 0.118. The number of hydrogen-bond donors (Lipinski definition) is 3. The van der Waals surface area contributed by atoms with Crippen LogP contribution in [0.15, 0.2) is 18.2 Å². The first-order valence-corrected chi connectivity index (χ1v) is 8.09. The second-order valence-corrected chi connectivity index (χ2v) is 7.17. The number of ether oxygens (including phenoxy) is 1. The number of hydrogen-bond acceptors (Lipinski definition) is 3. The van der Waals surface area contributed by atoms with E-state index in [1.807, 2.05) is 52.8 Å². The van der Waals surface area contributed by atoms with Crippen molar-refractivity contribution in [2.24, 2.45) is 5.41 Å². The molecule has 0 aliphatic carbocycles. The summed E-state index contributed by atoms with van der Waals surface area (Å²) in [4.78, 5) is 12.0. The van der Waals surface area contributed by atoms with Crippen LogP contribution in [0.25, 0.3) is 0 Å². The molecule has 0 aromatic heterocycles. The van der Waals surface area contributed by atoms with E-state index in [1.165, 1.54) is 0 Å². The van der Waals surface area contributed by atoms with Gasteiger partial charge in [-0.2, -0.15) is 0 Å². The summed E-state index contributed by atoms with van der Waals surface area (Å²) in [6, 6.07) is 5.33. The molecule has 1 aromatic carbocycles. The van der Waals surface area contributed by atoms with E-state index >= 15 is 0 Å². The summed E-state index contributed by atoms with van der Waals surface area (Å²) in [7, 11) is 0. The molecule has 0 saturated carbocycles. The number of rotatable bonds is 7. The van der Waals surface area contributed by atoms with E-state index in [0.29, 0.717) is 13.0 Å². The molecule has 0 aliphatic heterocycles. The normalized spacial score (nSPS) is 12.9. The van der Waals surface area contributed by atoms with E-state index < -0.39 is 0 Å². The van der Waals surface area contributed by atoms with Crippen LogP contribution in [-0.2, 0) is 0 Å². The van der Waals surface area contributed by atoms with Crippen molar-refractivity contribution in [2.45, 2.75) is 60.2 Å². The second-order valence-electron chi connectivity index (χ2n) is 7.17. The predicted octanol–water partition coefficient (Wildman–Crippen LogP) is 3.70. The standard InChI is InChI=1S/C18H30N2O3/c1-12(2)23-16-8-7-15(9-13(16)3)20-17(22)19-11-18(5,6)10-14(4)21/h7-9,12,14,21H,10-11H2,1-6H3,(H2,19,20,22). The van der Waals surface area contributed by atoms with Crippen molar-refractivity contribution >= 4 is 11.7 Å². The van der Waals surface area contributed by atoms with Crippen molar-refractivity contribution in [3.8, 4) is 5.75 Å². The van der Waals surface area contributed by atoms with E-state index in [2.05, 4.69) is 10.6 Å². The van der Waals surface area contributed by atoms with Gasteiger partial charge in [0.15, 0.2) is 0 Å². The number of aliphatic hydroxyl groups excluding tert-OH is 1. The van der Waals surface area contributed by atoms with Crippen LogP contribution in [0.5, 0.6) is 5.75 Å². The van der Waals surface area contributed by atoms with Crippen LogP contribution < -0.4 is 15.4 Å². The molecule has 0 radical (unpaired) electrons. The molecule has 0 fully saturated rings. The average Bonchev–Trinajstić information content (AvgIpc) is 2.38. The largest absolute Gasteiger partial charge is 0.491 e. The first kappa shape index (κ1) is 19.3. The molecule has 1 unspecified atom stereocenters. The molecule has 3 N–H and O–H groups in total. The highest BCUT2D eigenvalue weighted by Gasteiger charge is 2.21. The monoisotopic (exact) mass is 322 g/mol.